The van der Waals surface area contributed by atoms with Crippen LogP contribution in [0.25, 0.3) is 0 Å². The first-order valence-electron chi connectivity index (χ1n) is 7.86. The Labute approximate surface area is 151 Å². The Morgan fingerprint density at radius 3 is 0.923 bits per heavy atom. The van der Waals surface area contributed by atoms with Crippen molar-refractivity contribution in [3.8, 4) is 18.2 Å². The molecule has 0 atom stereocenters. The predicted molar refractivity (Wildman–Crippen MR) is 95.6 cm³/mol. The molecule has 0 aliphatic rings. The first-order valence-corrected chi connectivity index (χ1v) is 7.86. The molecule has 0 saturated carbocycles. The molecule has 0 heterocycles. The summed E-state index contributed by atoms with van der Waals surface area (Å²) in [4.78, 5) is 0. The van der Waals surface area contributed by atoms with Gasteiger partial charge in [0.25, 0.3) is 0 Å². The van der Waals surface area contributed by atoms with E-state index < -0.39 is 5.60 Å². The minimum atomic E-state index is -1.48. The van der Waals surface area contributed by atoms with Gasteiger partial charge in [-0.2, -0.15) is 15.8 Å². The van der Waals surface area contributed by atoms with Crippen molar-refractivity contribution < 1.29 is 5.11 Å². The van der Waals surface area contributed by atoms with Gasteiger partial charge in [0.2, 0.25) is 0 Å². The van der Waals surface area contributed by atoms with E-state index in [-0.39, 0.29) is 0 Å². The minimum Gasteiger partial charge on any atom is -0.376 e. The van der Waals surface area contributed by atoms with Crippen LogP contribution >= 0.6 is 0 Å². The maximum atomic E-state index is 11.7. The van der Waals surface area contributed by atoms with E-state index in [2.05, 4.69) is 18.2 Å². The molecule has 0 saturated heterocycles. The molecule has 0 bridgehead atoms. The fourth-order valence-corrected chi connectivity index (χ4v) is 2.86. The number of hydrogen-bond donors (Lipinski definition) is 1. The lowest BCUT2D eigenvalue weighted by molar-refractivity contribution is 0.125. The van der Waals surface area contributed by atoms with E-state index >= 15 is 0 Å². The third-order valence-electron chi connectivity index (χ3n) is 4.30. The summed E-state index contributed by atoms with van der Waals surface area (Å²) in [5.41, 5.74) is 1.78. The Bertz CT molecular complexity index is 906. The van der Waals surface area contributed by atoms with Crippen molar-refractivity contribution in [2.75, 3.05) is 0 Å². The van der Waals surface area contributed by atoms with E-state index in [1.54, 1.807) is 72.8 Å². The normalized spacial score (nSPS) is 10.4. The lowest BCUT2D eigenvalue weighted by Gasteiger charge is -2.30. The summed E-state index contributed by atoms with van der Waals surface area (Å²) in [7, 11) is 0. The Kier molecular flexibility index (Phi) is 4.50. The van der Waals surface area contributed by atoms with E-state index in [1.165, 1.54) is 0 Å². The predicted octanol–water partition coefficient (Wildman–Crippen LogP) is 3.59. The van der Waals surface area contributed by atoms with Crippen LogP contribution in [0.3, 0.4) is 0 Å². The highest BCUT2D eigenvalue weighted by molar-refractivity contribution is 5.50. The zero-order valence-corrected chi connectivity index (χ0v) is 13.7. The second kappa shape index (κ2) is 6.91. The van der Waals surface area contributed by atoms with Crippen LogP contribution < -0.4 is 0 Å². The third kappa shape index (κ3) is 2.92. The number of aliphatic hydroxyl groups is 1. The third-order valence-corrected chi connectivity index (χ3v) is 4.30. The largest absolute Gasteiger partial charge is 0.376 e. The average Bonchev–Trinajstić information content (AvgIpc) is 2.73. The van der Waals surface area contributed by atoms with Crippen LogP contribution in [0.1, 0.15) is 33.4 Å². The van der Waals surface area contributed by atoms with Crippen molar-refractivity contribution in [2.45, 2.75) is 5.60 Å². The topological polar surface area (TPSA) is 91.6 Å². The summed E-state index contributed by atoms with van der Waals surface area (Å²) in [5, 5.41) is 38.7. The molecule has 0 aromatic heterocycles. The van der Waals surface area contributed by atoms with Gasteiger partial charge in [-0.15, -0.1) is 0 Å². The molecule has 4 heteroatoms. The van der Waals surface area contributed by atoms with Gasteiger partial charge in [-0.1, -0.05) is 36.4 Å². The van der Waals surface area contributed by atoms with Crippen LogP contribution in [-0.4, -0.2) is 5.11 Å². The Balaban J connectivity index is 2.20. The number of nitriles is 3. The van der Waals surface area contributed by atoms with Crippen LogP contribution in [0.4, 0.5) is 0 Å². The molecule has 122 valence electrons. The first-order chi connectivity index (χ1) is 12.6. The summed E-state index contributed by atoms with van der Waals surface area (Å²) in [6, 6.07) is 26.3. The zero-order chi connectivity index (χ0) is 18.6. The smallest absolute Gasteiger partial charge is 0.140 e. The Morgan fingerprint density at radius 2 is 0.731 bits per heavy atom. The van der Waals surface area contributed by atoms with Gasteiger partial charge in [-0.25, -0.2) is 0 Å². The molecule has 0 radical (unpaired) electrons. The molecule has 0 aliphatic carbocycles. The quantitative estimate of drug-likeness (QED) is 0.740. The van der Waals surface area contributed by atoms with Gasteiger partial charge in [0, 0.05) is 0 Å². The van der Waals surface area contributed by atoms with E-state index in [0.717, 1.165) is 0 Å². The van der Waals surface area contributed by atoms with Crippen molar-refractivity contribution in [3.05, 3.63) is 106 Å². The number of benzene rings is 3. The summed E-state index contributed by atoms with van der Waals surface area (Å²) in [5.74, 6) is 0. The van der Waals surface area contributed by atoms with Gasteiger partial charge in [0.05, 0.1) is 34.9 Å². The van der Waals surface area contributed by atoms with Crippen LogP contribution in [0.2, 0.25) is 0 Å². The summed E-state index contributed by atoms with van der Waals surface area (Å²) in [6.07, 6.45) is 0. The molecule has 4 nitrogen and oxygen atoms in total. The van der Waals surface area contributed by atoms with Crippen molar-refractivity contribution in [3.63, 3.8) is 0 Å². The fourth-order valence-electron chi connectivity index (χ4n) is 2.86. The molecule has 26 heavy (non-hydrogen) atoms. The van der Waals surface area contributed by atoms with Crippen molar-refractivity contribution in [2.24, 2.45) is 0 Å². The van der Waals surface area contributed by atoms with Crippen molar-refractivity contribution in [1.82, 2.24) is 0 Å². The van der Waals surface area contributed by atoms with Gasteiger partial charge in [0.15, 0.2) is 0 Å². The highest BCUT2D eigenvalue weighted by Gasteiger charge is 2.33. The Hall–Kier alpha value is -3.91. The number of hydrogen-bond acceptors (Lipinski definition) is 4. The molecule has 3 aromatic rings. The Morgan fingerprint density at radius 1 is 0.500 bits per heavy atom. The molecule has 1 N–H and O–H groups in total. The van der Waals surface area contributed by atoms with E-state index in [0.29, 0.717) is 33.4 Å². The average molecular weight is 335 g/mol. The summed E-state index contributed by atoms with van der Waals surface area (Å²) >= 11 is 0. The number of rotatable bonds is 3. The standard InChI is InChI=1S/C22H13N3O/c23-13-16-1-7-19(8-2-16)22(26,20-9-3-17(14-24)4-10-20)21-11-5-18(15-25)6-12-21/h1-12,26H. The lowest BCUT2D eigenvalue weighted by atomic mass is 9.80. The minimum absolute atomic E-state index is 0.496. The van der Waals surface area contributed by atoms with Crippen LogP contribution in [0, 0.1) is 34.0 Å². The monoisotopic (exact) mass is 335 g/mol. The molecule has 0 fully saturated rings. The fraction of sp³-hybridized carbons (Fsp3) is 0.0455. The van der Waals surface area contributed by atoms with Gasteiger partial charge in [-0.3, -0.25) is 0 Å². The summed E-state index contributed by atoms with van der Waals surface area (Å²) < 4.78 is 0. The molecule has 0 aliphatic heterocycles. The molecular weight excluding hydrogens is 322 g/mol. The lowest BCUT2D eigenvalue weighted by Crippen LogP contribution is -2.28. The van der Waals surface area contributed by atoms with Crippen LogP contribution in [0.5, 0.6) is 0 Å². The maximum Gasteiger partial charge on any atom is 0.140 e. The van der Waals surface area contributed by atoms with Crippen molar-refractivity contribution in [1.29, 1.82) is 15.8 Å². The molecule has 0 unspecified atom stereocenters. The van der Waals surface area contributed by atoms with Gasteiger partial charge in [-0.05, 0) is 53.1 Å². The van der Waals surface area contributed by atoms with Gasteiger partial charge in [0.1, 0.15) is 5.60 Å². The highest BCUT2D eigenvalue weighted by atomic mass is 16.3. The zero-order valence-electron chi connectivity index (χ0n) is 13.7. The van der Waals surface area contributed by atoms with Crippen molar-refractivity contribution >= 4 is 0 Å². The molecule has 0 spiro atoms. The number of nitrogens with zero attached hydrogens (tertiary/aromatic N) is 3. The first kappa shape index (κ1) is 16.9. The van der Waals surface area contributed by atoms with Gasteiger partial charge < -0.3 is 5.11 Å². The maximum absolute atomic E-state index is 11.7. The van der Waals surface area contributed by atoms with Gasteiger partial charge >= 0.3 is 0 Å². The molecule has 3 rings (SSSR count). The highest BCUT2D eigenvalue weighted by Crippen LogP contribution is 2.37. The second-order valence-electron chi connectivity index (χ2n) is 5.78. The molecular formula is C22H13N3O. The second-order valence-corrected chi connectivity index (χ2v) is 5.78. The van der Waals surface area contributed by atoms with E-state index in [4.69, 9.17) is 15.8 Å². The molecule has 3 aromatic carbocycles. The molecule has 0 amide bonds. The summed E-state index contributed by atoms with van der Waals surface area (Å²) in [6.45, 7) is 0. The van der Waals surface area contributed by atoms with Crippen LogP contribution in [0.15, 0.2) is 72.8 Å². The van der Waals surface area contributed by atoms with Crippen LogP contribution in [-0.2, 0) is 5.60 Å². The van der Waals surface area contributed by atoms with E-state index in [1.807, 2.05) is 0 Å². The van der Waals surface area contributed by atoms with E-state index in [9.17, 15) is 5.11 Å². The SMILES string of the molecule is N#Cc1ccc(C(O)(c2ccc(C#N)cc2)c2ccc(C#N)cc2)cc1.